The van der Waals surface area contributed by atoms with Crippen molar-refractivity contribution in [2.75, 3.05) is 25.9 Å². The zero-order chi connectivity index (χ0) is 17.3. The largest absolute Gasteiger partial charge is 0.317 e. The molecule has 0 bridgehead atoms. The van der Waals surface area contributed by atoms with Crippen LogP contribution in [-0.4, -0.2) is 42.7 Å². The van der Waals surface area contributed by atoms with E-state index in [1.165, 1.54) is 0 Å². The smallest absolute Gasteiger partial charge is 0.240 e. The molecule has 1 saturated heterocycles. The molecule has 23 heavy (non-hydrogen) atoms. The van der Waals surface area contributed by atoms with Crippen LogP contribution in [0.2, 0.25) is 0 Å². The third-order valence-electron chi connectivity index (χ3n) is 4.11. The van der Waals surface area contributed by atoms with Crippen LogP contribution in [0.3, 0.4) is 0 Å². The maximum Gasteiger partial charge on any atom is 0.240 e. The van der Waals surface area contributed by atoms with Gasteiger partial charge in [0.05, 0.1) is 4.90 Å². The fraction of sp³-hybridized carbons (Fsp3) is 0.571. The monoisotopic (exact) mass is 364 g/mol. The molecule has 6 nitrogen and oxygen atoms in total. The molecule has 1 aromatic rings. The van der Waals surface area contributed by atoms with Gasteiger partial charge in [-0.25, -0.2) is 25.9 Å². The number of benzene rings is 1. The molecule has 0 aliphatic carbocycles. The van der Waals surface area contributed by atoms with Gasteiger partial charge in [-0.2, -0.15) is 0 Å². The third-order valence-corrected chi connectivity index (χ3v) is 6.64. The first-order valence-electron chi connectivity index (χ1n) is 7.24. The Morgan fingerprint density at radius 3 is 2.35 bits per heavy atom. The van der Waals surface area contributed by atoms with Crippen LogP contribution in [0, 0.1) is 11.2 Å². The lowest BCUT2D eigenvalue weighted by Gasteiger charge is -2.34. The molecule has 0 saturated carbocycles. The van der Waals surface area contributed by atoms with E-state index < -0.39 is 30.6 Å². The fourth-order valence-corrected chi connectivity index (χ4v) is 4.45. The molecule has 1 fully saturated rings. The maximum atomic E-state index is 13.9. The van der Waals surface area contributed by atoms with E-state index in [4.69, 9.17) is 0 Å². The average molecular weight is 364 g/mol. The lowest BCUT2D eigenvalue weighted by Crippen LogP contribution is -2.42. The van der Waals surface area contributed by atoms with Gasteiger partial charge in [0.2, 0.25) is 10.0 Å². The number of piperidine rings is 1. The first-order chi connectivity index (χ1) is 10.5. The van der Waals surface area contributed by atoms with Crippen molar-refractivity contribution in [3.63, 3.8) is 0 Å². The van der Waals surface area contributed by atoms with E-state index in [1.54, 1.807) is 0 Å². The van der Waals surface area contributed by atoms with Gasteiger partial charge in [0, 0.05) is 12.8 Å². The van der Waals surface area contributed by atoms with Crippen LogP contribution >= 0.6 is 0 Å². The molecular formula is C14H21FN2O4S2. The van der Waals surface area contributed by atoms with Gasteiger partial charge in [0.1, 0.15) is 10.7 Å². The summed E-state index contributed by atoms with van der Waals surface area (Å²) in [5, 5.41) is 3.21. The van der Waals surface area contributed by atoms with Crippen molar-refractivity contribution >= 4 is 19.9 Å². The van der Waals surface area contributed by atoms with Crippen molar-refractivity contribution in [1.82, 2.24) is 10.0 Å². The lowest BCUT2D eigenvalue weighted by molar-refractivity contribution is 0.232. The molecule has 2 rings (SSSR count). The summed E-state index contributed by atoms with van der Waals surface area (Å²) >= 11 is 0. The summed E-state index contributed by atoms with van der Waals surface area (Å²) in [5.41, 5.74) is -0.149. The summed E-state index contributed by atoms with van der Waals surface area (Å²) in [6.07, 6.45) is 2.56. The number of hydrogen-bond donors (Lipinski definition) is 2. The molecule has 9 heteroatoms. The number of hydrogen-bond acceptors (Lipinski definition) is 5. The molecule has 0 amide bonds. The van der Waals surface area contributed by atoms with Gasteiger partial charge in [-0.15, -0.1) is 0 Å². The predicted molar refractivity (Wildman–Crippen MR) is 84.9 cm³/mol. The predicted octanol–water partition coefficient (Wildman–Crippen LogP) is 0.897. The second-order valence-corrected chi connectivity index (χ2v) is 10.0. The Labute approximate surface area is 136 Å². The Kier molecular flexibility index (Phi) is 5.15. The molecule has 1 aliphatic heterocycles. The van der Waals surface area contributed by atoms with E-state index in [-0.39, 0.29) is 16.9 Å². The normalized spacial score (nSPS) is 18.7. The number of rotatable bonds is 5. The van der Waals surface area contributed by atoms with Crippen molar-refractivity contribution in [2.24, 2.45) is 5.41 Å². The van der Waals surface area contributed by atoms with Gasteiger partial charge in [-0.05, 0) is 49.5 Å². The van der Waals surface area contributed by atoms with Crippen molar-refractivity contribution in [3.05, 3.63) is 24.0 Å². The minimum absolute atomic E-state index is 0.149. The number of sulfonamides is 1. The second-order valence-electron chi connectivity index (χ2n) is 6.25. The van der Waals surface area contributed by atoms with Gasteiger partial charge < -0.3 is 5.32 Å². The average Bonchev–Trinajstić information content (AvgIpc) is 2.45. The Morgan fingerprint density at radius 1 is 1.22 bits per heavy atom. The molecule has 0 aromatic heterocycles. The van der Waals surface area contributed by atoms with Crippen molar-refractivity contribution in [1.29, 1.82) is 0 Å². The van der Waals surface area contributed by atoms with Crippen LogP contribution in [0.15, 0.2) is 28.0 Å². The van der Waals surface area contributed by atoms with Crippen LogP contribution in [0.1, 0.15) is 19.8 Å². The molecular weight excluding hydrogens is 343 g/mol. The van der Waals surface area contributed by atoms with Gasteiger partial charge >= 0.3 is 0 Å². The SMILES string of the molecule is CC1(CNS(=O)(=O)c2ccc(S(C)(=O)=O)c(F)c2)CCNCC1. The molecule has 1 heterocycles. The van der Waals surface area contributed by atoms with E-state index >= 15 is 0 Å². The fourth-order valence-electron chi connectivity index (χ4n) is 2.51. The van der Waals surface area contributed by atoms with Crippen LogP contribution < -0.4 is 10.0 Å². The minimum Gasteiger partial charge on any atom is -0.317 e. The molecule has 1 aromatic carbocycles. The van der Waals surface area contributed by atoms with Crippen molar-refractivity contribution in [2.45, 2.75) is 29.6 Å². The highest BCUT2D eigenvalue weighted by molar-refractivity contribution is 7.90. The van der Waals surface area contributed by atoms with E-state index in [2.05, 4.69) is 10.0 Å². The third kappa shape index (κ3) is 4.50. The summed E-state index contributed by atoms with van der Waals surface area (Å²) in [5.74, 6) is -1.07. The highest BCUT2D eigenvalue weighted by atomic mass is 32.2. The first-order valence-corrected chi connectivity index (χ1v) is 10.6. The van der Waals surface area contributed by atoms with Gasteiger partial charge in [-0.1, -0.05) is 6.92 Å². The van der Waals surface area contributed by atoms with E-state index in [1.807, 2.05) is 6.92 Å². The molecule has 0 spiro atoms. The molecule has 0 atom stereocenters. The number of halogens is 1. The molecule has 1 aliphatic rings. The molecule has 0 unspecified atom stereocenters. The Morgan fingerprint density at radius 2 is 1.83 bits per heavy atom. The van der Waals surface area contributed by atoms with E-state index in [0.29, 0.717) is 0 Å². The number of nitrogens with one attached hydrogen (secondary N) is 2. The lowest BCUT2D eigenvalue weighted by atomic mass is 9.81. The van der Waals surface area contributed by atoms with Gasteiger partial charge in [-0.3, -0.25) is 0 Å². The van der Waals surface area contributed by atoms with Gasteiger partial charge in [0.25, 0.3) is 0 Å². The topological polar surface area (TPSA) is 92.3 Å². The molecule has 130 valence electrons. The Bertz CT molecular complexity index is 785. The Balaban J connectivity index is 2.18. The van der Waals surface area contributed by atoms with E-state index in [0.717, 1.165) is 50.4 Å². The van der Waals surface area contributed by atoms with Crippen LogP contribution in [0.25, 0.3) is 0 Å². The Hall–Kier alpha value is -1.03. The summed E-state index contributed by atoms with van der Waals surface area (Å²) < 4.78 is 63.7. The van der Waals surface area contributed by atoms with Crippen LogP contribution in [0.5, 0.6) is 0 Å². The zero-order valence-electron chi connectivity index (χ0n) is 13.1. The highest BCUT2D eigenvalue weighted by Crippen LogP contribution is 2.27. The molecule has 2 N–H and O–H groups in total. The van der Waals surface area contributed by atoms with Gasteiger partial charge in [0.15, 0.2) is 9.84 Å². The summed E-state index contributed by atoms with van der Waals surface area (Å²) in [7, 11) is -7.62. The summed E-state index contributed by atoms with van der Waals surface area (Å²) in [6, 6.07) is 2.82. The maximum absolute atomic E-state index is 13.9. The molecule has 0 radical (unpaired) electrons. The second kappa shape index (κ2) is 6.46. The van der Waals surface area contributed by atoms with Crippen molar-refractivity contribution < 1.29 is 21.2 Å². The number of sulfone groups is 1. The van der Waals surface area contributed by atoms with Crippen LogP contribution in [0.4, 0.5) is 4.39 Å². The summed E-state index contributed by atoms with van der Waals surface area (Å²) in [4.78, 5) is -0.790. The highest BCUT2D eigenvalue weighted by Gasteiger charge is 2.29. The standard InChI is InChI=1S/C14H21FN2O4S2/c1-14(5-7-16-8-6-14)10-17-23(20,21)11-3-4-13(12(15)9-11)22(2,18)19/h3-4,9,16-17H,5-8,10H2,1-2H3. The van der Waals surface area contributed by atoms with Crippen molar-refractivity contribution in [3.8, 4) is 0 Å². The minimum atomic E-state index is -3.89. The quantitative estimate of drug-likeness (QED) is 0.810. The zero-order valence-corrected chi connectivity index (χ0v) is 14.7. The first kappa shape index (κ1) is 18.3. The van der Waals surface area contributed by atoms with Crippen LogP contribution in [-0.2, 0) is 19.9 Å². The summed E-state index contributed by atoms with van der Waals surface area (Å²) in [6.45, 7) is 3.92. The van der Waals surface area contributed by atoms with E-state index in [9.17, 15) is 21.2 Å².